The average molecular weight is 525 g/mol. The first-order chi connectivity index (χ1) is 19.2. The van der Waals surface area contributed by atoms with Crippen LogP contribution in [0.5, 0.6) is 5.75 Å². The fourth-order valence-corrected chi connectivity index (χ4v) is 5.75. The lowest BCUT2D eigenvalue weighted by molar-refractivity contribution is -0.138. The fraction of sp³-hybridized carbons (Fsp3) is 0.387. The van der Waals surface area contributed by atoms with Gasteiger partial charge >= 0.3 is 0 Å². The number of nitrogens with zero attached hydrogens (tertiary/aromatic N) is 6. The summed E-state index contributed by atoms with van der Waals surface area (Å²) >= 11 is 0. The number of rotatable bonds is 7. The van der Waals surface area contributed by atoms with Gasteiger partial charge in [-0.15, -0.1) is 0 Å². The topological polar surface area (TPSA) is 66.2 Å². The van der Waals surface area contributed by atoms with Gasteiger partial charge in [0.2, 0.25) is 5.91 Å². The van der Waals surface area contributed by atoms with Crippen LogP contribution in [0.25, 0.3) is 16.8 Å². The predicted octanol–water partition coefficient (Wildman–Crippen LogP) is 4.36. The monoisotopic (exact) mass is 524 g/mol. The molecule has 0 radical (unpaired) electrons. The smallest absolute Gasteiger partial charge is 0.225 e. The largest absolute Gasteiger partial charge is 0.494 e. The van der Waals surface area contributed by atoms with Crippen LogP contribution in [0.1, 0.15) is 25.3 Å². The quantitative estimate of drug-likeness (QED) is 0.358. The highest BCUT2D eigenvalue weighted by molar-refractivity contribution is 5.80. The van der Waals surface area contributed by atoms with Gasteiger partial charge in [-0.05, 0) is 55.7 Å². The summed E-state index contributed by atoms with van der Waals surface area (Å²) in [4.78, 5) is 24.9. The minimum atomic E-state index is 0.0889. The molecule has 202 valence electrons. The number of amides is 1. The lowest BCUT2D eigenvalue weighted by Crippen LogP contribution is -2.51. The van der Waals surface area contributed by atoms with E-state index in [9.17, 15) is 4.79 Å². The molecule has 2 aromatic carbocycles. The molecule has 0 N–H and O–H groups in total. The zero-order valence-corrected chi connectivity index (χ0v) is 22.6. The van der Waals surface area contributed by atoms with Crippen molar-refractivity contribution in [1.29, 1.82) is 0 Å². The maximum atomic E-state index is 13.3. The van der Waals surface area contributed by atoms with E-state index in [1.807, 2.05) is 48.1 Å². The van der Waals surface area contributed by atoms with Crippen molar-refractivity contribution < 1.29 is 9.53 Å². The van der Waals surface area contributed by atoms with E-state index >= 15 is 0 Å². The highest BCUT2D eigenvalue weighted by Gasteiger charge is 2.31. The molecule has 4 heterocycles. The molecule has 0 saturated carbocycles. The third kappa shape index (κ3) is 5.61. The SMILES string of the molecule is CCOc1ccc(-c2cc3c(N4CCC(C(=O)N5CCN(Cc6ccccc6)CC5)CC4)nccn3n2)cc1. The van der Waals surface area contributed by atoms with Crippen LogP contribution < -0.4 is 9.64 Å². The van der Waals surface area contributed by atoms with Crippen LogP contribution in [0.4, 0.5) is 5.82 Å². The molecule has 1 amide bonds. The molecule has 2 aromatic heterocycles. The van der Waals surface area contributed by atoms with Gasteiger partial charge in [0.25, 0.3) is 0 Å². The van der Waals surface area contributed by atoms with Gasteiger partial charge in [-0.3, -0.25) is 9.69 Å². The molecule has 0 spiro atoms. The Morgan fingerprint density at radius 1 is 0.949 bits per heavy atom. The van der Waals surface area contributed by atoms with Crippen molar-refractivity contribution in [1.82, 2.24) is 24.4 Å². The molecule has 6 rings (SSSR count). The second kappa shape index (κ2) is 11.5. The first kappa shape index (κ1) is 25.4. The maximum Gasteiger partial charge on any atom is 0.225 e. The first-order valence-corrected chi connectivity index (χ1v) is 14.1. The van der Waals surface area contributed by atoms with Crippen LogP contribution in [0, 0.1) is 5.92 Å². The standard InChI is InChI=1S/C31H36N6O2/c1-2-39-27-10-8-25(9-11-27)28-22-29-30(32-14-17-37(29)33-28)35-15-12-26(13-16-35)31(38)36-20-18-34(19-21-36)23-24-6-4-3-5-7-24/h3-11,14,17,22,26H,2,12-13,15-16,18-21,23H2,1H3. The summed E-state index contributed by atoms with van der Waals surface area (Å²) in [6, 6.07) is 20.7. The van der Waals surface area contributed by atoms with Crippen molar-refractivity contribution in [2.75, 3.05) is 50.8 Å². The number of benzene rings is 2. The van der Waals surface area contributed by atoms with Gasteiger partial charge in [0.15, 0.2) is 5.82 Å². The zero-order chi connectivity index (χ0) is 26.6. The van der Waals surface area contributed by atoms with Crippen LogP contribution in [0.3, 0.4) is 0 Å². The van der Waals surface area contributed by atoms with Crippen LogP contribution in [0.15, 0.2) is 73.1 Å². The summed E-state index contributed by atoms with van der Waals surface area (Å²) < 4.78 is 7.48. The predicted molar refractivity (Wildman–Crippen MR) is 153 cm³/mol. The lowest BCUT2D eigenvalue weighted by Gasteiger charge is -2.39. The lowest BCUT2D eigenvalue weighted by atomic mass is 9.95. The summed E-state index contributed by atoms with van der Waals surface area (Å²) in [6.07, 6.45) is 5.41. The Kier molecular flexibility index (Phi) is 7.45. The highest BCUT2D eigenvalue weighted by Crippen LogP contribution is 2.30. The van der Waals surface area contributed by atoms with Gasteiger partial charge in [0.1, 0.15) is 11.3 Å². The number of aromatic nitrogens is 3. The van der Waals surface area contributed by atoms with E-state index in [1.165, 1.54) is 5.56 Å². The molecule has 39 heavy (non-hydrogen) atoms. The van der Waals surface area contributed by atoms with Crippen LogP contribution in [0.2, 0.25) is 0 Å². The Balaban J connectivity index is 1.06. The van der Waals surface area contributed by atoms with E-state index < -0.39 is 0 Å². The number of fused-ring (bicyclic) bond motifs is 1. The van der Waals surface area contributed by atoms with Crippen molar-refractivity contribution in [3.63, 3.8) is 0 Å². The number of carbonyl (C=O) groups is 1. The highest BCUT2D eigenvalue weighted by atomic mass is 16.5. The van der Waals surface area contributed by atoms with Crippen molar-refractivity contribution in [2.45, 2.75) is 26.3 Å². The summed E-state index contributed by atoms with van der Waals surface area (Å²) in [7, 11) is 0. The van der Waals surface area contributed by atoms with Gasteiger partial charge in [0, 0.05) is 69.7 Å². The second-order valence-corrected chi connectivity index (χ2v) is 10.4. The number of piperazine rings is 1. The summed E-state index contributed by atoms with van der Waals surface area (Å²) in [5.41, 5.74) is 4.27. The molecule has 2 aliphatic heterocycles. The van der Waals surface area contributed by atoms with E-state index in [2.05, 4.69) is 51.1 Å². The van der Waals surface area contributed by atoms with Gasteiger partial charge < -0.3 is 14.5 Å². The summed E-state index contributed by atoms with van der Waals surface area (Å²) in [5, 5.41) is 4.80. The molecule has 0 bridgehead atoms. The fourth-order valence-electron chi connectivity index (χ4n) is 5.75. The number of anilines is 1. The van der Waals surface area contributed by atoms with Crippen LogP contribution in [-0.2, 0) is 11.3 Å². The Bertz CT molecular complexity index is 1390. The number of hydrogen-bond acceptors (Lipinski definition) is 6. The summed E-state index contributed by atoms with van der Waals surface area (Å²) in [5.74, 6) is 2.20. The molecular weight excluding hydrogens is 488 g/mol. The molecule has 0 aliphatic carbocycles. The second-order valence-electron chi connectivity index (χ2n) is 10.4. The van der Waals surface area contributed by atoms with Crippen molar-refractivity contribution in [2.24, 2.45) is 5.92 Å². The third-order valence-corrected chi connectivity index (χ3v) is 7.91. The van der Waals surface area contributed by atoms with Crippen molar-refractivity contribution >= 4 is 17.2 Å². The molecule has 0 unspecified atom stereocenters. The molecule has 2 aliphatic rings. The first-order valence-electron chi connectivity index (χ1n) is 14.1. The van der Waals surface area contributed by atoms with E-state index in [-0.39, 0.29) is 5.92 Å². The number of carbonyl (C=O) groups excluding carboxylic acids is 1. The Hall–Kier alpha value is -3.91. The minimum Gasteiger partial charge on any atom is -0.494 e. The van der Waals surface area contributed by atoms with Gasteiger partial charge in [-0.2, -0.15) is 5.10 Å². The maximum absolute atomic E-state index is 13.3. The zero-order valence-electron chi connectivity index (χ0n) is 22.6. The molecular formula is C31H36N6O2. The normalized spacial score (nSPS) is 17.1. The molecule has 4 aromatic rings. The molecule has 2 saturated heterocycles. The van der Waals surface area contributed by atoms with Crippen LogP contribution >= 0.6 is 0 Å². The molecule has 0 atom stereocenters. The number of ether oxygens (including phenoxy) is 1. The minimum absolute atomic E-state index is 0.0889. The molecule has 2 fully saturated rings. The van der Waals surface area contributed by atoms with Crippen molar-refractivity contribution in [3.05, 3.63) is 78.6 Å². The Morgan fingerprint density at radius 2 is 1.69 bits per heavy atom. The number of hydrogen-bond donors (Lipinski definition) is 0. The van der Waals surface area contributed by atoms with Gasteiger partial charge in [-0.25, -0.2) is 9.50 Å². The van der Waals surface area contributed by atoms with E-state index in [4.69, 9.17) is 14.8 Å². The van der Waals surface area contributed by atoms with Crippen LogP contribution in [-0.4, -0.2) is 76.2 Å². The Morgan fingerprint density at radius 3 is 2.41 bits per heavy atom. The van der Waals surface area contributed by atoms with Gasteiger partial charge in [-0.1, -0.05) is 30.3 Å². The molecule has 8 nitrogen and oxygen atoms in total. The molecule has 8 heteroatoms. The van der Waals surface area contributed by atoms with Gasteiger partial charge in [0.05, 0.1) is 12.3 Å². The van der Waals surface area contributed by atoms with E-state index in [0.29, 0.717) is 12.5 Å². The van der Waals surface area contributed by atoms with E-state index in [1.54, 1.807) is 0 Å². The average Bonchev–Trinajstić information content (AvgIpc) is 3.43. The Labute approximate surface area is 229 Å². The third-order valence-electron chi connectivity index (χ3n) is 7.91. The summed E-state index contributed by atoms with van der Waals surface area (Å²) in [6.45, 7) is 8.73. The van der Waals surface area contributed by atoms with Crippen molar-refractivity contribution in [3.8, 4) is 17.0 Å². The van der Waals surface area contributed by atoms with E-state index in [0.717, 1.165) is 87.0 Å². The number of piperidine rings is 1.